The molecule has 3 rings (SSSR count). The van der Waals surface area contributed by atoms with Crippen LogP contribution in [0.4, 0.5) is 4.39 Å². The van der Waals surface area contributed by atoms with Crippen molar-refractivity contribution >= 4 is 0 Å². The molecule has 0 saturated carbocycles. The molecule has 0 fully saturated rings. The highest BCUT2D eigenvalue weighted by Crippen LogP contribution is 2.37. The SMILES string of the molecule is CN.Cc1cc(-c2ccc(F)c3c2OCCC3)ccn1. The summed E-state index contributed by atoms with van der Waals surface area (Å²) in [6.45, 7) is 2.61. The standard InChI is InChI=1S/C15H14FNO.CH5N/c1-10-9-11(6-7-17-10)12-4-5-14(16)13-3-2-8-18-15(12)13;1-2/h4-7,9H,2-3,8H2,1H3;2H2,1H3. The van der Waals surface area contributed by atoms with Gasteiger partial charge in [-0.15, -0.1) is 0 Å². The number of hydrogen-bond donors (Lipinski definition) is 1. The quantitative estimate of drug-likeness (QED) is 0.869. The van der Waals surface area contributed by atoms with Gasteiger partial charge in [-0.25, -0.2) is 4.39 Å². The zero-order valence-corrected chi connectivity index (χ0v) is 11.8. The van der Waals surface area contributed by atoms with Crippen LogP contribution >= 0.6 is 0 Å². The Hall–Kier alpha value is -1.94. The van der Waals surface area contributed by atoms with Gasteiger partial charge in [0, 0.05) is 23.0 Å². The lowest BCUT2D eigenvalue weighted by molar-refractivity contribution is 0.285. The summed E-state index contributed by atoms with van der Waals surface area (Å²) in [5, 5.41) is 0. The number of nitrogens with two attached hydrogens (primary N) is 1. The summed E-state index contributed by atoms with van der Waals surface area (Å²) in [6, 6.07) is 7.23. The number of hydrogen-bond acceptors (Lipinski definition) is 3. The van der Waals surface area contributed by atoms with Crippen molar-refractivity contribution in [3.05, 3.63) is 47.5 Å². The summed E-state index contributed by atoms with van der Waals surface area (Å²) in [5.74, 6) is 0.533. The van der Waals surface area contributed by atoms with Gasteiger partial charge in [0.1, 0.15) is 11.6 Å². The first-order chi connectivity index (χ1) is 9.75. The fraction of sp³-hybridized carbons (Fsp3) is 0.312. The molecule has 0 atom stereocenters. The number of fused-ring (bicyclic) bond motifs is 1. The first kappa shape index (κ1) is 14.5. The molecule has 0 aliphatic carbocycles. The summed E-state index contributed by atoms with van der Waals surface area (Å²) in [5.41, 5.74) is 8.13. The summed E-state index contributed by atoms with van der Waals surface area (Å²) in [4.78, 5) is 4.18. The van der Waals surface area contributed by atoms with E-state index < -0.39 is 0 Å². The lowest BCUT2D eigenvalue weighted by Crippen LogP contribution is -2.11. The minimum Gasteiger partial charge on any atom is -0.493 e. The molecule has 2 N–H and O–H groups in total. The van der Waals surface area contributed by atoms with Crippen LogP contribution in [-0.2, 0) is 6.42 Å². The van der Waals surface area contributed by atoms with E-state index in [-0.39, 0.29) is 5.82 Å². The van der Waals surface area contributed by atoms with Crippen molar-refractivity contribution in [3.63, 3.8) is 0 Å². The van der Waals surface area contributed by atoms with Gasteiger partial charge in [0.05, 0.1) is 6.61 Å². The lowest BCUT2D eigenvalue weighted by atomic mass is 9.97. The molecule has 2 heterocycles. The summed E-state index contributed by atoms with van der Waals surface area (Å²) in [6.07, 6.45) is 3.39. The van der Waals surface area contributed by atoms with Gasteiger partial charge in [0.25, 0.3) is 0 Å². The second kappa shape index (κ2) is 6.48. The highest BCUT2D eigenvalue weighted by atomic mass is 19.1. The Balaban J connectivity index is 0.000000704. The van der Waals surface area contributed by atoms with Gasteiger partial charge >= 0.3 is 0 Å². The van der Waals surface area contributed by atoms with Gasteiger partial charge in [-0.05, 0) is 56.6 Å². The van der Waals surface area contributed by atoms with Gasteiger partial charge in [0.15, 0.2) is 0 Å². The van der Waals surface area contributed by atoms with Crippen LogP contribution in [0.15, 0.2) is 30.5 Å². The van der Waals surface area contributed by atoms with E-state index in [2.05, 4.69) is 10.7 Å². The molecular weight excluding hydrogens is 255 g/mol. The molecule has 2 aromatic rings. The number of benzene rings is 1. The summed E-state index contributed by atoms with van der Waals surface area (Å²) >= 11 is 0. The van der Waals surface area contributed by atoms with Crippen molar-refractivity contribution in [2.24, 2.45) is 5.73 Å². The fourth-order valence-electron chi connectivity index (χ4n) is 2.37. The Bertz CT molecular complexity index is 599. The van der Waals surface area contributed by atoms with Crippen molar-refractivity contribution in [1.29, 1.82) is 0 Å². The van der Waals surface area contributed by atoms with Crippen molar-refractivity contribution < 1.29 is 9.13 Å². The third kappa shape index (κ3) is 2.80. The van der Waals surface area contributed by atoms with E-state index in [4.69, 9.17) is 4.74 Å². The number of rotatable bonds is 1. The third-order valence-electron chi connectivity index (χ3n) is 3.23. The van der Waals surface area contributed by atoms with Crippen LogP contribution in [0.1, 0.15) is 17.7 Å². The van der Waals surface area contributed by atoms with Gasteiger partial charge < -0.3 is 10.5 Å². The third-order valence-corrected chi connectivity index (χ3v) is 3.23. The molecule has 3 nitrogen and oxygen atoms in total. The van der Waals surface area contributed by atoms with Gasteiger partial charge in [0.2, 0.25) is 0 Å². The van der Waals surface area contributed by atoms with Gasteiger partial charge in [-0.2, -0.15) is 0 Å². The van der Waals surface area contributed by atoms with Crippen molar-refractivity contribution in [2.75, 3.05) is 13.7 Å². The molecule has 106 valence electrons. The zero-order valence-electron chi connectivity index (χ0n) is 11.8. The Morgan fingerprint density at radius 1 is 1.25 bits per heavy atom. The van der Waals surface area contributed by atoms with E-state index in [1.165, 1.54) is 13.1 Å². The maximum atomic E-state index is 13.8. The van der Waals surface area contributed by atoms with Crippen molar-refractivity contribution in [3.8, 4) is 16.9 Å². The predicted molar refractivity (Wildman–Crippen MR) is 78.3 cm³/mol. The van der Waals surface area contributed by atoms with Crippen LogP contribution < -0.4 is 10.5 Å². The van der Waals surface area contributed by atoms with Crippen molar-refractivity contribution in [2.45, 2.75) is 19.8 Å². The molecule has 0 spiro atoms. The number of nitrogens with zero attached hydrogens (tertiary/aromatic N) is 1. The van der Waals surface area contributed by atoms with Crippen LogP contribution in [0.25, 0.3) is 11.1 Å². The van der Waals surface area contributed by atoms with E-state index in [0.717, 1.165) is 29.7 Å². The first-order valence-corrected chi connectivity index (χ1v) is 6.70. The molecule has 1 aliphatic rings. The lowest BCUT2D eigenvalue weighted by Gasteiger charge is -2.21. The number of aromatic nitrogens is 1. The van der Waals surface area contributed by atoms with Crippen LogP contribution in [0.5, 0.6) is 5.75 Å². The molecule has 1 aromatic carbocycles. The summed E-state index contributed by atoms with van der Waals surface area (Å²) in [7, 11) is 1.50. The molecular formula is C16H19FN2O. The highest BCUT2D eigenvalue weighted by Gasteiger charge is 2.19. The van der Waals surface area contributed by atoms with Crippen LogP contribution in [0.3, 0.4) is 0 Å². The first-order valence-electron chi connectivity index (χ1n) is 6.70. The molecule has 0 unspecified atom stereocenters. The van der Waals surface area contributed by atoms with E-state index in [1.807, 2.05) is 19.1 Å². The van der Waals surface area contributed by atoms with E-state index in [0.29, 0.717) is 17.9 Å². The van der Waals surface area contributed by atoms with Gasteiger partial charge in [-0.1, -0.05) is 0 Å². The minimum atomic E-state index is -0.167. The number of halogens is 1. The Kier molecular flexibility index (Phi) is 4.69. The monoisotopic (exact) mass is 274 g/mol. The van der Waals surface area contributed by atoms with E-state index >= 15 is 0 Å². The molecule has 0 bridgehead atoms. The number of pyridine rings is 1. The predicted octanol–water partition coefficient (Wildman–Crippen LogP) is 3.10. The summed E-state index contributed by atoms with van der Waals surface area (Å²) < 4.78 is 19.4. The zero-order chi connectivity index (χ0) is 14.5. The molecule has 1 aromatic heterocycles. The normalized spacial score (nSPS) is 12.8. The molecule has 4 heteroatoms. The van der Waals surface area contributed by atoms with E-state index in [1.54, 1.807) is 12.3 Å². The van der Waals surface area contributed by atoms with Gasteiger partial charge in [-0.3, -0.25) is 4.98 Å². The van der Waals surface area contributed by atoms with E-state index in [9.17, 15) is 4.39 Å². The smallest absolute Gasteiger partial charge is 0.133 e. The topological polar surface area (TPSA) is 48.1 Å². The Labute approximate surface area is 118 Å². The Morgan fingerprint density at radius 3 is 2.80 bits per heavy atom. The maximum absolute atomic E-state index is 13.8. The second-order valence-electron chi connectivity index (χ2n) is 4.54. The molecule has 20 heavy (non-hydrogen) atoms. The fourth-order valence-corrected chi connectivity index (χ4v) is 2.37. The highest BCUT2D eigenvalue weighted by molar-refractivity contribution is 5.72. The Morgan fingerprint density at radius 2 is 2.05 bits per heavy atom. The molecule has 0 radical (unpaired) electrons. The number of aryl methyl sites for hydroxylation is 1. The minimum absolute atomic E-state index is 0.167. The molecule has 0 saturated heterocycles. The molecule has 1 aliphatic heterocycles. The largest absolute Gasteiger partial charge is 0.493 e. The average molecular weight is 274 g/mol. The number of ether oxygens (including phenoxy) is 1. The maximum Gasteiger partial charge on any atom is 0.133 e. The van der Waals surface area contributed by atoms with Crippen LogP contribution in [0.2, 0.25) is 0 Å². The van der Waals surface area contributed by atoms with Crippen LogP contribution in [0, 0.1) is 12.7 Å². The molecule has 0 amide bonds. The van der Waals surface area contributed by atoms with Crippen LogP contribution in [-0.4, -0.2) is 18.6 Å². The average Bonchev–Trinajstić information content (AvgIpc) is 2.50. The second-order valence-corrected chi connectivity index (χ2v) is 4.54. The van der Waals surface area contributed by atoms with Crippen molar-refractivity contribution in [1.82, 2.24) is 4.98 Å².